The highest BCUT2D eigenvalue weighted by Gasteiger charge is 2.30. The molecule has 0 fully saturated rings. The van der Waals surface area contributed by atoms with E-state index in [9.17, 15) is 27.9 Å². The van der Waals surface area contributed by atoms with Crippen molar-refractivity contribution in [1.29, 1.82) is 0 Å². The summed E-state index contributed by atoms with van der Waals surface area (Å²) in [6.45, 7) is 1.46. The van der Waals surface area contributed by atoms with Crippen LogP contribution in [0.25, 0.3) is 10.9 Å². The van der Waals surface area contributed by atoms with E-state index in [4.69, 9.17) is 17.2 Å². The van der Waals surface area contributed by atoms with E-state index in [2.05, 4.69) is 15.6 Å². The normalized spacial score (nSPS) is 14.0. The molecule has 0 aliphatic rings. The summed E-state index contributed by atoms with van der Waals surface area (Å²) in [6.07, 6.45) is -3.78. The number of fused-ring (bicyclic) bond motifs is 1. The number of nitrogens with zero attached hydrogens (tertiary/aromatic N) is 2. The van der Waals surface area contributed by atoms with Gasteiger partial charge in [-0.1, -0.05) is 30.3 Å². The molecule has 10 nitrogen and oxygen atoms in total. The summed E-state index contributed by atoms with van der Waals surface area (Å²) in [6, 6.07) is 11.2. The van der Waals surface area contributed by atoms with Crippen molar-refractivity contribution in [2.24, 2.45) is 17.2 Å². The first kappa shape index (κ1) is 31.9. The van der Waals surface area contributed by atoms with Crippen LogP contribution < -0.4 is 27.8 Å². The van der Waals surface area contributed by atoms with Gasteiger partial charge in [0.15, 0.2) is 0 Å². The molecule has 0 saturated carbocycles. The maximum Gasteiger partial charge on any atom is 0.416 e. The Labute approximate surface area is 236 Å². The molecule has 3 rings (SSSR count). The van der Waals surface area contributed by atoms with Crippen LogP contribution >= 0.6 is 0 Å². The van der Waals surface area contributed by atoms with Crippen molar-refractivity contribution in [3.63, 3.8) is 0 Å². The number of aromatic nitrogens is 1. The Bertz CT molecular complexity index is 1280. The van der Waals surface area contributed by atoms with Crippen molar-refractivity contribution in [2.75, 3.05) is 31.5 Å². The van der Waals surface area contributed by atoms with Crippen molar-refractivity contribution < 1.29 is 27.9 Å². The number of carbonyl (C=O) groups excluding carboxylic acids is 2. The van der Waals surface area contributed by atoms with Gasteiger partial charge in [-0.3, -0.25) is 19.5 Å². The van der Waals surface area contributed by atoms with Crippen molar-refractivity contribution in [2.45, 2.75) is 43.8 Å². The maximum absolute atomic E-state index is 13.3. The van der Waals surface area contributed by atoms with Crippen LogP contribution in [0.5, 0.6) is 0 Å². The number of pyridine rings is 1. The molecule has 222 valence electrons. The zero-order valence-electron chi connectivity index (χ0n) is 22.5. The van der Waals surface area contributed by atoms with Gasteiger partial charge in [-0.25, -0.2) is 0 Å². The minimum absolute atomic E-state index is 0.0904. The number of aliphatic hydroxyl groups excluding tert-OH is 1. The molecule has 9 N–H and O–H groups in total. The lowest BCUT2D eigenvalue weighted by molar-refractivity contribution is -0.137. The van der Waals surface area contributed by atoms with E-state index in [1.807, 2.05) is 24.3 Å². The summed E-state index contributed by atoms with van der Waals surface area (Å²) in [5.41, 5.74) is 17.9. The van der Waals surface area contributed by atoms with Crippen molar-refractivity contribution in [3.05, 3.63) is 71.9 Å². The highest BCUT2D eigenvalue weighted by molar-refractivity contribution is 5.99. The maximum atomic E-state index is 13.3. The molecule has 13 heteroatoms. The molecule has 3 unspecified atom stereocenters. The van der Waals surface area contributed by atoms with Crippen LogP contribution in [0.1, 0.15) is 24.0 Å². The Morgan fingerprint density at radius 2 is 1.63 bits per heavy atom. The van der Waals surface area contributed by atoms with Crippen molar-refractivity contribution in [1.82, 2.24) is 15.2 Å². The molecule has 3 aromatic rings. The third-order valence-corrected chi connectivity index (χ3v) is 6.54. The number of hydrogen-bond acceptors (Lipinski definition) is 8. The Morgan fingerprint density at radius 1 is 0.976 bits per heavy atom. The second-order valence-corrected chi connectivity index (χ2v) is 9.64. The van der Waals surface area contributed by atoms with Crippen molar-refractivity contribution in [3.8, 4) is 0 Å². The molecule has 41 heavy (non-hydrogen) atoms. The number of anilines is 1. The predicted molar refractivity (Wildman–Crippen MR) is 150 cm³/mol. The number of nitrogens with one attached hydrogen (secondary N) is 2. The van der Waals surface area contributed by atoms with Gasteiger partial charge >= 0.3 is 6.18 Å². The van der Waals surface area contributed by atoms with E-state index in [0.29, 0.717) is 37.4 Å². The van der Waals surface area contributed by atoms with Gasteiger partial charge in [0, 0.05) is 38.0 Å². The standard InChI is InChI=1S/C28H36F3N7O3/c29-28(30,31)20-7-5-18(6-8-20)15-24(27(41)36-21-16-19-3-1-2-4-23(19)35-17-21)37-26(40)22(34)9-10-25(39)38(13-11-32)14-12-33/h1-8,16-17,22,24-25,39H,9-15,32-34H2,(H,36,41)(H,37,40). The highest BCUT2D eigenvalue weighted by Crippen LogP contribution is 2.29. The van der Waals surface area contributed by atoms with Gasteiger partial charge in [-0.2, -0.15) is 13.2 Å². The van der Waals surface area contributed by atoms with Crippen LogP contribution in [0.3, 0.4) is 0 Å². The molecular weight excluding hydrogens is 539 g/mol. The average molecular weight is 576 g/mol. The zero-order valence-corrected chi connectivity index (χ0v) is 22.5. The van der Waals surface area contributed by atoms with Gasteiger partial charge in [-0.05, 0) is 42.7 Å². The lowest BCUT2D eigenvalue weighted by Gasteiger charge is -2.27. The molecule has 1 heterocycles. The topological polar surface area (TPSA) is 173 Å². The fourth-order valence-corrected chi connectivity index (χ4v) is 4.31. The van der Waals surface area contributed by atoms with E-state index < -0.39 is 41.9 Å². The fraction of sp³-hybridized carbons (Fsp3) is 0.393. The van der Waals surface area contributed by atoms with Crippen LogP contribution in [0.15, 0.2) is 60.8 Å². The number of para-hydroxylation sites is 1. The molecule has 0 bridgehead atoms. The number of rotatable bonds is 14. The molecule has 2 aromatic carbocycles. The third-order valence-electron chi connectivity index (χ3n) is 6.54. The number of aliphatic hydroxyl groups is 1. The van der Waals surface area contributed by atoms with Gasteiger partial charge < -0.3 is 32.9 Å². The van der Waals surface area contributed by atoms with E-state index in [-0.39, 0.29) is 19.3 Å². The largest absolute Gasteiger partial charge is 0.416 e. The number of carbonyl (C=O) groups is 2. The van der Waals surface area contributed by atoms with Crippen LogP contribution in [0.2, 0.25) is 0 Å². The Morgan fingerprint density at radius 3 is 2.27 bits per heavy atom. The summed E-state index contributed by atoms with van der Waals surface area (Å²) in [4.78, 5) is 32.3. The second-order valence-electron chi connectivity index (χ2n) is 9.64. The molecule has 0 aliphatic heterocycles. The van der Waals surface area contributed by atoms with E-state index in [1.54, 1.807) is 11.0 Å². The summed E-state index contributed by atoms with van der Waals surface area (Å²) in [7, 11) is 0. The van der Waals surface area contributed by atoms with Crippen molar-refractivity contribution >= 4 is 28.4 Å². The summed E-state index contributed by atoms with van der Waals surface area (Å²) >= 11 is 0. The molecule has 0 spiro atoms. The molecule has 1 aromatic heterocycles. The Balaban J connectivity index is 1.73. The SMILES string of the molecule is NCCN(CCN)C(O)CCC(N)C(=O)NC(Cc1ccc(C(F)(F)F)cc1)C(=O)Nc1cnc2ccccc2c1. The smallest absolute Gasteiger partial charge is 0.378 e. The minimum Gasteiger partial charge on any atom is -0.378 e. The lowest BCUT2D eigenvalue weighted by atomic mass is 10.0. The van der Waals surface area contributed by atoms with Crippen LogP contribution in [-0.4, -0.2) is 71.3 Å². The summed E-state index contributed by atoms with van der Waals surface area (Å²) in [5.74, 6) is -1.25. The molecule has 0 aliphatic carbocycles. The van der Waals surface area contributed by atoms with Gasteiger partial charge in [0.05, 0.1) is 29.0 Å². The van der Waals surface area contributed by atoms with Crippen LogP contribution in [0.4, 0.5) is 18.9 Å². The third kappa shape index (κ3) is 9.47. The zero-order chi connectivity index (χ0) is 30.0. The summed E-state index contributed by atoms with van der Waals surface area (Å²) < 4.78 is 39.0. The Hall–Kier alpha value is -3.62. The molecule has 3 atom stereocenters. The lowest BCUT2D eigenvalue weighted by Crippen LogP contribution is -2.51. The number of amides is 2. The average Bonchev–Trinajstić information content (AvgIpc) is 2.94. The van der Waals surface area contributed by atoms with E-state index >= 15 is 0 Å². The van der Waals surface area contributed by atoms with Crippen LogP contribution in [-0.2, 0) is 22.2 Å². The molecule has 0 saturated heterocycles. The number of hydrogen-bond donors (Lipinski definition) is 6. The second kappa shape index (κ2) is 14.8. The van der Waals surface area contributed by atoms with Gasteiger partial charge in [0.25, 0.3) is 0 Å². The first-order valence-electron chi connectivity index (χ1n) is 13.2. The van der Waals surface area contributed by atoms with E-state index in [0.717, 1.165) is 23.0 Å². The van der Waals surface area contributed by atoms with E-state index in [1.165, 1.54) is 18.3 Å². The highest BCUT2D eigenvalue weighted by atomic mass is 19.4. The summed E-state index contributed by atoms with van der Waals surface area (Å²) in [5, 5.41) is 16.6. The fourth-order valence-electron chi connectivity index (χ4n) is 4.31. The minimum atomic E-state index is -4.51. The first-order valence-corrected chi connectivity index (χ1v) is 13.2. The first-order chi connectivity index (χ1) is 19.5. The molecule has 2 amide bonds. The quantitative estimate of drug-likeness (QED) is 0.157. The Kier molecular flexibility index (Phi) is 11.6. The van der Waals surface area contributed by atoms with Gasteiger partial charge in [0.1, 0.15) is 12.3 Å². The number of halogens is 3. The number of alkyl halides is 3. The van der Waals surface area contributed by atoms with Gasteiger partial charge in [-0.15, -0.1) is 0 Å². The number of benzene rings is 2. The monoisotopic (exact) mass is 575 g/mol. The number of nitrogens with two attached hydrogens (primary N) is 3. The molecular formula is C28H36F3N7O3. The predicted octanol–water partition coefficient (Wildman–Crippen LogP) is 1.56. The molecule has 0 radical (unpaired) electrons. The van der Waals surface area contributed by atoms with Gasteiger partial charge in [0.2, 0.25) is 11.8 Å². The van der Waals surface area contributed by atoms with Crippen LogP contribution in [0, 0.1) is 0 Å².